The van der Waals surface area contributed by atoms with E-state index in [1.165, 1.54) is 12.3 Å². The number of nitrogens with one attached hydrogen (secondary N) is 2. The van der Waals surface area contributed by atoms with Crippen LogP contribution in [0.3, 0.4) is 0 Å². The Morgan fingerprint density at radius 2 is 1.96 bits per heavy atom. The summed E-state index contributed by atoms with van der Waals surface area (Å²) in [5.74, 6) is 0.392. The van der Waals surface area contributed by atoms with Gasteiger partial charge >= 0.3 is 0 Å². The fourth-order valence-corrected chi connectivity index (χ4v) is 2.46. The largest absolute Gasteiger partial charge is 0.495 e. The second kappa shape index (κ2) is 7.97. The van der Waals surface area contributed by atoms with Crippen LogP contribution in [0.25, 0.3) is 0 Å². The summed E-state index contributed by atoms with van der Waals surface area (Å²) in [6.07, 6.45) is 1.48. The first-order chi connectivity index (χ1) is 13.1. The lowest BCUT2D eigenvalue weighted by Crippen LogP contribution is -2.15. The molecular weight excluding hydrogens is 342 g/mol. The summed E-state index contributed by atoms with van der Waals surface area (Å²) >= 11 is 0. The molecule has 7 nitrogen and oxygen atoms in total. The lowest BCUT2D eigenvalue weighted by Gasteiger charge is -2.11. The molecule has 0 fully saturated rings. The molecule has 3 rings (SSSR count). The van der Waals surface area contributed by atoms with Gasteiger partial charge in [0.05, 0.1) is 24.0 Å². The monoisotopic (exact) mass is 359 g/mol. The van der Waals surface area contributed by atoms with E-state index in [-0.39, 0.29) is 11.6 Å². The second-order valence-electron chi connectivity index (χ2n) is 5.71. The smallest absolute Gasteiger partial charge is 0.274 e. The molecule has 3 aromatic rings. The number of nitriles is 1. The number of carbonyl (C=O) groups excluding carboxylic acids is 1. The molecule has 0 radical (unpaired) electrons. The zero-order valence-electron chi connectivity index (χ0n) is 14.9. The van der Waals surface area contributed by atoms with Crippen molar-refractivity contribution in [1.82, 2.24) is 9.97 Å². The van der Waals surface area contributed by atoms with Crippen molar-refractivity contribution < 1.29 is 9.53 Å². The summed E-state index contributed by atoms with van der Waals surface area (Å²) in [6, 6.07) is 16.1. The third kappa shape index (κ3) is 4.19. The number of aromatic nitrogens is 2. The van der Waals surface area contributed by atoms with Gasteiger partial charge in [-0.15, -0.1) is 0 Å². The topological polar surface area (TPSA) is 99.9 Å². The Hall–Kier alpha value is -3.92. The number of hydrogen-bond donors (Lipinski definition) is 2. The standard InChI is InChI=1S/C20H17N5O2/c1-13-7-8-18(27-2)17(11-13)23-19(26)16-9-10-22-20(25-16)24-15-6-4-3-5-14(15)12-21/h3-11H,1-2H3,(H,23,26)(H,22,24,25). The molecule has 2 aromatic carbocycles. The summed E-state index contributed by atoms with van der Waals surface area (Å²) < 4.78 is 5.27. The molecule has 134 valence electrons. The Morgan fingerprint density at radius 1 is 1.15 bits per heavy atom. The third-order valence-corrected chi connectivity index (χ3v) is 3.79. The lowest BCUT2D eigenvalue weighted by molar-refractivity contribution is 0.102. The molecule has 0 spiro atoms. The van der Waals surface area contributed by atoms with Gasteiger partial charge in [0.1, 0.15) is 17.5 Å². The minimum absolute atomic E-state index is 0.186. The quantitative estimate of drug-likeness (QED) is 0.721. The van der Waals surface area contributed by atoms with E-state index >= 15 is 0 Å². The lowest BCUT2D eigenvalue weighted by atomic mass is 10.2. The van der Waals surface area contributed by atoms with Crippen LogP contribution >= 0.6 is 0 Å². The highest BCUT2D eigenvalue weighted by Crippen LogP contribution is 2.25. The summed E-state index contributed by atoms with van der Waals surface area (Å²) in [5.41, 5.74) is 2.76. The zero-order chi connectivity index (χ0) is 19.2. The Kier molecular flexibility index (Phi) is 5.28. The average Bonchev–Trinajstić information content (AvgIpc) is 2.69. The van der Waals surface area contributed by atoms with Crippen molar-refractivity contribution in [2.24, 2.45) is 0 Å². The summed E-state index contributed by atoms with van der Waals surface area (Å²) in [4.78, 5) is 20.9. The van der Waals surface area contributed by atoms with Crippen LogP contribution in [0.4, 0.5) is 17.3 Å². The van der Waals surface area contributed by atoms with Crippen molar-refractivity contribution in [3.05, 3.63) is 71.5 Å². The van der Waals surface area contributed by atoms with Gasteiger partial charge in [-0.2, -0.15) is 5.26 Å². The van der Waals surface area contributed by atoms with Crippen molar-refractivity contribution in [1.29, 1.82) is 5.26 Å². The molecule has 0 aliphatic carbocycles. The molecule has 1 amide bonds. The Labute approximate surface area is 156 Å². The van der Waals surface area contributed by atoms with Gasteiger partial charge < -0.3 is 15.4 Å². The zero-order valence-corrected chi connectivity index (χ0v) is 14.9. The van der Waals surface area contributed by atoms with Crippen molar-refractivity contribution in [3.63, 3.8) is 0 Å². The van der Waals surface area contributed by atoms with Gasteiger partial charge in [0.2, 0.25) is 5.95 Å². The number of rotatable bonds is 5. The number of amides is 1. The van der Waals surface area contributed by atoms with Gasteiger partial charge in [-0.05, 0) is 42.8 Å². The van der Waals surface area contributed by atoms with Crippen molar-refractivity contribution in [3.8, 4) is 11.8 Å². The SMILES string of the molecule is COc1ccc(C)cc1NC(=O)c1ccnc(Nc2ccccc2C#N)n1. The predicted molar refractivity (Wildman–Crippen MR) is 102 cm³/mol. The van der Waals surface area contributed by atoms with Crippen LogP contribution in [0, 0.1) is 18.3 Å². The number of ether oxygens (including phenoxy) is 1. The number of aryl methyl sites for hydroxylation is 1. The number of benzene rings is 2. The van der Waals surface area contributed by atoms with Gasteiger partial charge in [-0.1, -0.05) is 18.2 Å². The van der Waals surface area contributed by atoms with E-state index in [1.54, 1.807) is 37.4 Å². The molecule has 27 heavy (non-hydrogen) atoms. The summed E-state index contributed by atoms with van der Waals surface area (Å²) in [7, 11) is 1.54. The number of carbonyl (C=O) groups is 1. The Bertz CT molecular complexity index is 1030. The third-order valence-electron chi connectivity index (χ3n) is 3.79. The Balaban J connectivity index is 1.82. The molecule has 0 unspecified atom stereocenters. The summed E-state index contributed by atoms with van der Waals surface area (Å²) in [6.45, 7) is 1.93. The van der Waals surface area contributed by atoms with E-state index in [4.69, 9.17) is 10.00 Å². The predicted octanol–water partition coefficient (Wildman–Crippen LogP) is 3.66. The highest BCUT2D eigenvalue weighted by atomic mass is 16.5. The fraction of sp³-hybridized carbons (Fsp3) is 0.100. The van der Waals surface area contributed by atoms with Gasteiger partial charge in [0.15, 0.2) is 0 Å². The van der Waals surface area contributed by atoms with Crippen LogP contribution in [-0.4, -0.2) is 23.0 Å². The maximum atomic E-state index is 12.6. The van der Waals surface area contributed by atoms with Crippen LogP contribution < -0.4 is 15.4 Å². The highest BCUT2D eigenvalue weighted by Gasteiger charge is 2.13. The van der Waals surface area contributed by atoms with Gasteiger partial charge in [-0.25, -0.2) is 9.97 Å². The molecule has 0 saturated heterocycles. The molecule has 1 heterocycles. The van der Waals surface area contributed by atoms with Crippen molar-refractivity contribution >= 4 is 23.2 Å². The number of anilines is 3. The fourth-order valence-electron chi connectivity index (χ4n) is 2.46. The molecule has 0 bridgehead atoms. The number of para-hydroxylation sites is 1. The number of nitrogens with zero attached hydrogens (tertiary/aromatic N) is 3. The molecule has 0 saturated carbocycles. The minimum Gasteiger partial charge on any atom is -0.495 e. The maximum Gasteiger partial charge on any atom is 0.274 e. The number of methoxy groups -OCH3 is 1. The highest BCUT2D eigenvalue weighted by molar-refractivity contribution is 6.03. The Morgan fingerprint density at radius 3 is 2.74 bits per heavy atom. The minimum atomic E-state index is -0.391. The van der Waals surface area contributed by atoms with Crippen LogP contribution in [0.5, 0.6) is 5.75 Å². The first-order valence-corrected chi connectivity index (χ1v) is 8.16. The molecule has 1 aromatic heterocycles. The van der Waals surface area contributed by atoms with E-state index in [0.717, 1.165) is 5.56 Å². The molecular formula is C20H17N5O2. The van der Waals surface area contributed by atoms with Crippen LogP contribution in [0.1, 0.15) is 21.6 Å². The van der Waals surface area contributed by atoms with E-state index in [0.29, 0.717) is 22.7 Å². The van der Waals surface area contributed by atoms with Crippen LogP contribution in [0.2, 0.25) is 0 Å². The molecule has 0 aliphatic heterocycles. The van der Waals surface area contributed by atoms with Gasteiger partial charge in [0.25, 0.3) is 5.91 Å². The van der Waals surface area contributed by atoms with Crippen molar-refractivity contribution in [2.45, 2.75) is 6.92 Å². The van der Waals surface area contributed by atoms with E-state index in [2.05, 4.69) is 26.7 Å². The van der Waals surface area contributed by atoms with Crippen LogP contribution in [-0.2, 0) is 0 Å². The van der Waals surface area contributed by atoms with E-state index in [1.807, 2.05) is 19.1 Å². The normalized spacial score (nSPS) is 9.96. The maximum absolute atomic E-state index is 12.6. The van der Waals surface area contributed by atoms with Crippen LogP contribution in [0.15, 0.2) is 54.7 Å². The molecule has 2 N–H and O–H groups in total. The van der Waals surface area contributed by atoms with Crippen molar-refractivity contribution in [2.75, 3.05) is 17.7 Å². The first-order valence-electron chi connectivity index (χ1n) is 8.16. The second-order valence-corrected chi connectivity index (χ2v) is 5.71. The van der Waals surface area contributed by atoms with Gasteiger partial charge in [-0.3, -0.25) is 4.79 Å². The average molecular weight is 359 g/mol. The molecule has 0 aliphatic rings. The van der Waals surface area contributed by atoms with Gasteiger partial charge in [0, 0.05) is 6.20 Å². The van der Waals surface area contributed by atoms with E-state index in [9.17, 15) is 4.79 Å². The summed E-state index contributed by atoms with van der Waals surface area (Å²) in [5, 5.41) is 14.9. The molecule has 7 heteroatoms. The first kappa shape index (κ1) is 17.9. The number of hydrogen-bond acceptors (Lipinski definition) is 6. The molecule has 0 atom stereocenters. The van der Waals surface area contributed by atoms with E-state index < -0.39 is 5.91 Å².